The van der Waals surface area contributed by atoms with Gasteiger partial charge in [-0.3, -0.25) is 10.1 Å². The van der Waals surface area contributed by atoms with Gasteiger partial charge in [-0.1, -0.05) is 18.2 Å². The Morgan fingerprint density at radius 3 is 2.69 bits per heavy atom. The molecule has 0 atom stereocenters. The van der Waals surface area contributed by atoms with Crippen molar-refractivity contribution in [3.63, 3.8) is 0 Å². The monoisotopic (exact) mass is 223 g/mol. The summed E-state index contributed by atoms with van der Waals surface area (Å²) < 4.78 is 4.71. The second-order valence-electron chi connectivity index (χ2n) is 3.07. The molecule has 1 aromatic carbocycles. The third-order valence-corrected chi connectivity index (χ3v) is 1.87. The van der Waals surface area contributed by atoms with Gasteiger partial charge in [-0.25, -0.2) is 4.79 Å². The molecule has 5 heteroatoms. The molecular formula is C11H13NO4. The van der Waals surface area contributed by atoms with Crippen molar-refractivity contribution in [3.8, 4) is 0 Å². The van der Waals surface area contributed by atoms with Gasteiger partial charge in [-0.05, 0) is 18.6 Å². The van der Waals surface area contributed by atoms with Gasteiger partial charge in [0.05, 0.1) is 13.0 Å². The molecule has 1 rings (SSSR count). The first-order valence-corrected chi connectivity index (χ1v) is 4.87. The molecule has 1 amide bonds. The van der Waals surface area contributed by atoms with Crippen molar-refractivity contribution in [1.82, 2.24) is 0 Å². The van der Waals surface area contributed by atoms with Crippen molar-refractivity contribution in [2.45, 2.75) is 13.3 Å². The summed E-state index contributed by atoms with van der Waals surface area (Å²) >= 11 is 0. The number of nitrogens with one attached hydrogen (secondary N) is 1. The van der Waals surface area contributed by atoms with Crippen molar-refractivity contribution < 1.29 is 19.4 Å². The summed E-state index contributed by atoms with van der Waals surface area (Å²) in [5, 5.41) is 11.2. The fraction of sp³-hybridized carbons (Fsp3) is 0.273. The number of para-hydroxylation sites is 1. The number of hydrogen-bond acceptors (Lipinski definition) is 3. The summed E-state index contributed by atoms with van der Waals surface area (Å²) in [4.78, 5) is 21.8. The van der Waals surface area contributed by atoms with Crippen LogP contribution in [0.3, 0.4) is 0 Å². The van der Waals surface area contributed by atoms with Crippen LogP contribution < -0.4 is 5.32 Å². The van der Waals surface area contributed by atoms with Crippen LogP contribution in [0, 0.1) is 0 Å². The lowest BCUT2D eigenvalue weighted by Crippen LogP contribution is -2.15. The Labute approximate surface area is 93.0 Å². The Balaban J connectivity index is 2.78. The number of carbonyl (C=O) groups excluding carboxylic acids is 1. The van der Waals surface area contributed by atoms with E-state index >= 15 is 0 Å². The van der Waals surface area contributed by atoms with Crippen LogP contribution >= 0.6 is 0 Å². The second kappa shape index (κ2) is 5.75. The third-order valence-electron chi connectivity index (χ3n) is 1.87. The summed E-state index contributed by atoms with van der Waals surface area (Å²) in [7, 11) is 0. The normalized spacial score (nSPS) is 9.56. The average Bonchev–Trinajstić information content (AvgIpc) is 2.20. The van der Waals surface area contributed by atoms with Gasteiger partial charge in [0.1, 0.15) is 0 Å². The zero-order valence-electron chi connectivity index (χ0n) is 8.90. The van der Waals surface area contributed by atoms with Gasteiger partial charge in [-0.2, -0.15) is 0 Å². The Bertz CT molecular complexity index is 389. The van der Waals surface area contributed by atoms with Crippen molar-refractivity contribution in [2.75, 3.05) is 11.9 Å². The largest absolute Gasteiger partial charge is 0.481 e. The Morgan fingerprint density at radius 1 is 1.38 bits per heavy atom. The molecule has 0 radical (unpaired) electrons. The molecule has 0 fully saturated rings. The first-order valence-electron chi connectivity index (χ1n) is 4.87. The molecule has 16 heavy (non-hydrogen) atoms. The van der Waals surface area contributed by atoms with Crippen molar-refractivity contribution in [1.29, 1.82) is 0 Å². The molecule has 0 bridgehead atoms. The highest BCUT2D eigenvalue weighted by atomic mass is 16.5. The molecule has 0 unspecified atom stereocenters. The van der Waals surface area contributed by atoms with Gasteiger partial charge in [0.25, 0.3) is 0 Å². The minimum Gasteiger partial charge on any atom is -0.481 e. The van der Waals surface area contributed by atoms with E-state index in [-0.39, 0.29) is 13.0 Å². The van der Waals surface area contributed by atoms with Gasteiger partial charge < -0.3 is 9.84 Å². The zero-order chi connectivity index (χ0) is 12.0. The molecule has 0 spiro atoms. The molecule has 0 saturated carbocycles. The number of rotatable bonds is 4. The maximum atomic E-state index is 11.2. The minimum atomic E-state index is -0.946. The third kappa shape index (κ3) is 3.61. The molecule has 2 N–H and O–H groups in total. The number of carbonyl (C=O) groups is 2. The number of aliphatic carboxylic acids is 1. The van der Waals surface area contributed by atoms with Gasteiger partial charge in [0, 0.05) is 5.69 Å². The summed E-state index contributed by atoms with van der Waals surface area (Å²) in [5.74, 6) is -0.946. The van der Waals surface area contributed by atoms with Crippen LogP contribution in [0.25, 0.3) is 0 Å². The van der Waals surface area contributed by atoms with Crippen LogP contribution in [0.1, 0.15) is 12.5 Å². The van der Waals surface area contributed by atoms with Gasteiger partial charge >= 0.3 is 12.1 Å². The Hall–Kier alpha value is -2.04. The Kier molecular flexibility index (Phi) is 4.32. The number of anilines is 1. The number of ether oxygens (including phenoxy) is 1. The first kappa shape index (κ1) is 12.0. The van der Waals surface area contributed by atoms with Crippen LogP contribution in [0.4, 0.5) is 10.5 Å². The smallest absolute Gasteiger partial charge is 0.411 e. The van der Waals surface area contributed by atoms with E-state index in [1.54, 1.807) is 31.2 Å². The number of carboxylic acids is 1. The molecule has 0 aliphatic rings. The molecule has 1 aromatic rings. The van der Waals surface area contributed by atoms with E-state index in [9.17, 15) is 9.59 Å². The van der Waals surface area contributed by atoms with Gasteiger partial charge in [0.2, 0.25) is 0 Å². The van der Waals surface area contributed by atoms with Crippen LogP contribution in [0.15, 0.2) is 24.3 Å². The molecule has 5 nitrogen and oxygen atoms in total. The van der Waals surface area contributed by atoms with E-state index in [1.807, 2.05) is 0 Å². The fourth-order valence-corrected chi connectivity index (χ4v) is 1.24. The number of amides is 1. The lowest BCUT2D eigenvalue weighted by molar-refractivity contribution is -0.136. The van der Waals surface area contributed by atoms with E-state index in [0.29, 0.717) is 11.3 Å². The van der Waals surface area contributed by atoms with Gasteiger partial charge in [-0.15, -0.1) is 0 Å². The quantitative estimate of drug-likeness (QED) is 0.817. The Morgan fingerprint density at radius 2 is 2.06 bits per heavy atom. The van der Waals surface area contributed by atoms with Crippen molar-refractivity contribution in [2.24, 2.45) is 0 Å². The highest BCUT2D eigenvalue weighted by Crippen LogP contribution is 2.15. The predicted octanol–water partition coefficient (Wildman–Crippen LogP) is 1.88. The van der Waals surface area contributed by atoms with Crippen LogP contribution in [-0.2, 0) is 16.0 Å². The number of hydrogen-bond donors (Lipinski definition) is 2. The topological polar surface area (TPSA) is 75.6 Å². The maximum absolute atomic E-state index is 11.2. The van der Waals surface area contributed by atoms with Crippen molar-refractivity contribution in [3.05, 3.63) is 29.8 Å². The van der Waals surface area contributed by atoms with E-state index in [2.05, 4.69) is 5.32 Å². The van der Waals surface area contributed by atoms with E-state index in [4.69, 9.17) is 9.84 Å². The summed E-state index contributed by atoms with van der Waals surface area (Å²) in [6.07, 6.45) is -0.719. The lowest BCUT2D eigenvalue weighted by Gasteiger charge is -2.09. The fourth-order valence-electron chi connectivity index (χ4n) is 1.24. The average molecular weight is 223 g/mol. The molecular weight excluding hydrogens is 210 g/mol. The molecule has 0 aliphatic heterocycles. The standard InChI is InChI=1S/C11H13NO4/c1-2-16-11(15)12-9-6-4-3-5-8(9)7-10(13)14/h3-6H,2,7H2,1H3,(H,12,15)(H,13,14). The van der Waals surface area contributed by atoms with Crippen molar-refractivity contribution >= 4 is 17.7 Å². The second-order valence-corrected chi connectivity index (χ2v) is 3.07. The summed E-state index contributed by atoms with van der Waals surface area (Å²) in [6.45, 7) is 1.97. The number of carboxylic acid groups (broad SMARTS) is 1. The van der Waals surface area contributed by atoms with Crippen LogP contribution in [0.2, 0.25) is 0 Å². The van der Waals surface area contributed by atoms with E-state index in [1.165, 1.54) is 0 Å². The summed E-state index contributed by atoms with van der Waals surface area (Å²) in [6, 6.07) is 6.71. The highest BCUT2D eigenvalue weighted by molar-refractivity contribution is 5.87. The first-order chi connectivity index (χ1) is 7.63. The highest BCUT2D eigenvalue weighted by Gasteiger charge is 2.09. The molecule has 86 valence electrons. The van der Waals surface area contributed by atoms with Crippen LogP contribution in [0.5, 0.6) is 0 Å². The molecule has 0 saturated heterocycles. The molecule has 0 aromatic heterocycles. The van der Waals surface area contributed by atoms with E-state index < -0.39 is 12.1 Å². The lowest BCUT2D eigenvalue weighted by atomic mass is 10.1. The molecule has 0 aliphatic carbocycles. The minimum absolute atomic E-state index is 0.136. The van der Waals surface area contributed by atoms with Gasteiger partial charge in [0.15, 0.2) is 0 Å². The SMILES string of the molecule is CCOC(=O)Nc1ccccc1CC(=O)O. The summed E-state index contributed by atoms with van der Waals surface area (Å²) in [5.41, 5.74) is 1.01. The maximum Gasteiger partial charge on any atom is 0.411 e. The van der Waals surface area contributed by atoms with Crippen LogP contribution in [-0.4, -0.2) is 23.8 Å². The number of benzene rings is 1. The predicted molar refractivity (Wildman–Crippen MR) is 58.4 cm³/mol. The van der Waals surface area contributed by atoms with E-state index in [0.717, 1.165) is 0 Å². The zero-order valence-corrected chi connectivity index (χ0v) is 8.90. The molecule has 0 heterocycles.